The second-order valence-electron chi connectivity index (χ2n) is 13.1. The van der Waals surface area contributed by atoms with Gasteiger partial charge in [-0.15, -0.1) is 0 Å². The number of amides is 1. The van der Waals surface area contributed by atoms with Crippen LogP contribution in [-0.4, -0.2) is 46.1 Å². The Morgan fingerprint density at radius 1 is 0.558 bits per heavy atom. The topological polar surface area (TPSA) is 89.8 Å². The van der Waals surface area contributed by atoms with Crippen molar-refractivity contribution in [1.29, 1.82) is 0 Å². The largest absolute Gasteiger partial charge is 0.394 e. The zero-order valence-corrected chi connectivity index (χ0v) is 28.8. The maximum absolute atomic E-state index is 12.3. The second kappa shape index (κ2) is 34.0. The third kappa shape index (κ3) is 29.6. The minimum absolute atomic E-state index is 0.155. The highest BCUT2D eigenvalue weighted by molar-refractivity contribution is 5.76. The third-order valence-corrected chi connectivity index (χ3v) is 8.87. The molecule has 256 valence electrons. The molecule has 0 aliphatic rings. The fourth-order valence-electron chi connectivity index (χ4n) is 5.87. The third-order valence-electron chi connectivity index (χ3n) is 8.87. The predicted molar refractivity (Wildman–Crippen MR) is 185 cm³/mol. The van der Waals surface area contributed by atoms with E-state index in [0.29, 0.717) is 12.8 Å². The molecule has 0 saturated heterocycles. The van der Waals surface area contributed by atoms with Gasteiger partial charge in [-0.05, 0) is 38.5 Å². The molecule has 5 nitrogen and oxygen atoms in total. The minimum Gasteiger partial charge on any atom is -0.394 e. The molecule has 0 spiro atoms. The van der Waals surface area contributed by atoms with Crippen molar-refractivity contribution in [3.05, 3.63) is 12.2 Å². The normalized spacial score (nSPS) is 13.9. The predicted octanol–water partition coefficient (Wildman–Crippen LogP) is 10.1. The Labute approximate surface area is 268 Å². The summed E-state index contributed by atoms with van der Waals surface area (Å²) in [6, 6.07) is -0.818. The fraction of sp³-hybridized carbons (Fsp3) is 0.921. The first-order valence-corrected chi connectivity index (χ1v) is 19.0. The molecule has 0 aromatic carbocycles. The molecule has 0 rings (SSSR count). The van der Waals surface area contributed by atoms with E-state index in [9.17, 15) is 20.1 Å². The van der Waals surface area contributed by atoms with Gasteiger partial charge in [0.25, 0.3) is 0 Å². The van der Waals surface area contributed by atoms with Crippen LogP contribution in [0, 0.1) is 0 Å². The van der Waals surface area contributed by atoms with Gasteiger partial charge in [0.05, 0.1) is 18.8 Å². The molecular formula is C38H75NO4. The minimum atomic E-state index is -1.15. The van der Waals surface area contributed by atoms with Crippen molar-refractivity contribution in [2.24, 2.45) is 0 Å². The molecular weight excluding hydrogens is 534 g/mol. The van der Waals surface area contributed by atoms with Gasteiger partial charge in [-0.3, -0.25) is 4.79 Å². The van der Waals surface area contributed by atoms with Crippen LogP contribution in [0.25, 0.3) is 0 Å². The molecule has 3 atom stereocenters. The first kappa shape index (κ1) is 42.1. The maximum atomic E-state index is 12.3. The molecule has 0 aromatic rings. The number of allylic oxidation sites excluding steroid dienone is 2. The van der Waals surface area contributed by atoms with Gasteiger partial charge in [-0.1, -0.05) is 167 Å². The quantitative estimate of drug-likeness (QED) is 0.0432. The van der Waals surface area contributed by atoms with Crippen molar-refractivity contribution in [3.8, 4) is 0 Å². The highest BCUT2D eigenvalue weighted by atomic mass is 16.3. The van der Waals surface area contributed by atoms with E-state index < -0.39 is 18.2 Å². The molecule has 0 aliphatic carbocycles. The summed E-state index contributed by atoms with van der Waals surface area (Å²) in [5, 5.41) is 33.1. The molecule has 1 amide bonds. The monoisotopic (exact) mass is 610 g/mol. The smallest absolute Gasteiger partial charge is 0.220 e. The summed E-state index contributed by atoms with van der Waals surface area (Å²) in [7, 11) is 0. The van der Waals surface area contributed by atoms with E-state index >= 15 is 0 Å². The Balaban J connectivity index is 3.57. The number of aliphatic hydroxyl groups is 3. The number of nitrogens with one attached hydrogen (secondary N) is 1. The highest BCUT2D eigenvalue weighted by Gasteiger charge is 2.26. The van der Waals surface area contributed by atoms with Gasteiger partial charge in [0.15, 0.2) is 0 Å². The Kier molecular flexibility index (Phi) is 33.3. The molecule has 0 fully saturated rings. The van der Waals surface area contributed by atoms with Crippen molar-refractivity contribution in [1.82, 2.24) is 5.32 Å². The summed E-state index contributed by atoms with van der Waals surface area (Å²) < 4.78 is 0. The van der Waals surface area contributed by atoms with Gasteiger partial charge < -0.3 is 20.6 Å². The summed E-state index contributed by atoms with van der Waals surface area (Å²) in [4.78, 5) is 12.3. The number of hydrogen-bond acceptors (Lipinski definition) is 4. The van der Waals surface area contributed by atoms with Gasteiger partial charge in [0.1, 0.15) is 6.10 Å². The van der Waals surface area contributed by atoms with Crippen LogP contribution in [0.3, 0.4) is 0 Å². The summed E-state index contributed by atoms with van der Waals surface area (Å²) in [6.07, 6.45) is 37.6. The number of carbonyl (C=O) groups is 1. The van der Waals surface area contributed by atoms with Crippen LogP contribution in [0.1, 0.15) is 200 Å². The van der Waals surface area contributed by atoms with E-state index in [1.54, 1.807) is 0 Å². The molecule has 0 saturated carbocycles. The van der Waals surface area contributed by atoms with E-state index in [1.165, 1.54) is 135 Å². The fourth-order valence-corrected chi connectivity index (χ4v) is 5.87. The molecule has 0 radical (unpaired) electrons. The van der Waals surface area contributed by atoms with Gasteiger partial charge in [-0.2, -0.15) is 0 Å². The molecule has 43 heavy (non-hydrogen) atoms. The Morgan fingerprint density at radius 3 is 1.35 bits per heavy atom. The lowest BCUT2D eigenvalue weighted by Gasteiger charge is -2.26. The van der Waals surface area contributed by atoms with Crippen LogP contribution in [0.5, 0.6) is 0 Å². The van der Waals surface area contributed by atoms with Crippen LogP contribution < -0.4 is 5.32 Å². The maximum Gasteiger partial charge on any atom is 0.220 e. The molecule has 0 bridgehead atoms. The van der Waals surface area contributed by atoms with Gasteiger partial charge in [0.2, 0.25) is 5.91 Å². The van der Waals surface area contributed by atoms with E-state index in [1.807, 2.05) is 0 Å². The molecule has 5 heteroatoms. The van der Waals surface area contributed by atoms with E-state index in [-0.39, 0.29) is 12.5 Å². The zero-order chi connectivity index (χ0) is 31.6. The average Bonchev–Trinajstić information content (AvgIpc) is 3.01. The Morgan fingerprint density at radius 2 is 0.930 bits per heavy atom. The van der Waals surface area contributed by atoms with Crippen LogP contribution >= 0.6 is 0 Å². The lowest BCUT2D eigenvalue weighted by atomic mass is 10.0. The lowest BCUT2D eigenvalue weighted by molar-refractivity contribution is -0.124. The SMILES string of the molecule is CCCCC/C=C/CCCC(O)C(O)C(CO)NC(=O)CCCCCCCCCCCCCCCCCCCCCCC. The number of rotatable bonds is 34. The van der Waals surface area contributed by atoms with Crippen molar-refractivity contribution in [2.75, 3.05) is 6.61 Å². The Bertz CT molecular complexity index is 596. The molecule has 0 aromatic heterocycles. The Hall–Kier alpha value is -0.910. The van der Waals surface area contributed by atoms with Crippen LogP contribution in [0.2, 0.25) is 0 Å². The van der Waals surface area contributed by atoms with Crippen molar-refractivity contribution in [3.63, 3.8) is 0 Å². The van der Waals surface area contributed by atoms with Gasteiger partial charge >= 0.3 is 0 Å². The van der Waals surface area contributed by atoms with Crippen molar-refractivity contribution >= 4 is 5.91 Å². The standard InChI is InChI=1S/C38H75NO4/c1-3-5-7-9-11-13-14-15-16-17-18-19-20-21-22-23-24-25-27-29-31-33-37(42)39-35(34-40)38(43)36(41)32-30-28-26-12-10-8-6-4-2/h12,26,35-36,38,40-41,43H,3-11,13-25,27-34H2,1-2H3,(H,39,42)/b26-12+. The number of aliphatic hydroxyl groups excluding tert-OH is 3. The average molecular weight is 610 g/mol. The molecule has 3 unspecified atom stereocenters. The lowest BCUT2D eigenvalue weighted by Crippen LogP contribution is -2.50. The van der Waals surface area contributed by atoms with Crippen molar-refractivity contribution < 1.29 is 20.1 Å². The molecule has 4 N–H and O–H groups in total. The van der Waals surface area contributed by atoms with E-state index in [2.05, 4.69) is 31.3 Å². The first-order valence-electron chi connectivity index (χ1n) is 19.0. The van der Waals surface area contributed by atoms with E-state index in [4.69, 9.17) is 0 Å². The van der Waals surface area contributed by atoms with Gasteiger partial charge in [-0.25, -0.2) is 0 Å². The first-order chi connectivity index (χ1) is 21.1. The second-order valence-corrected chi connectivity index (χ2v) is 13.1. The van der Waals surface area contributed by atoms with Crippen LogP contribution in [-0.2, 0) is 4.79 Å². The summed E-state index contributed by atoms with van der Waals surface area (Å²) in [6.45, 7) is 4.11. The van der Waals surface area contributed by atoms with E-state index in [0.717, 1.165) is 38.5 Å². The molecule has 0 heterocycles. The number of unbranched alkanes of at least 4 members (excludes halogenated alkanes) is 24. The zero-order valence-electron chi connectivity index (χ0n) is 28.8. The van der Waals surface area contributed by atoms with Crippen LogP contribution in [0.15, 0.2) is 12.2 Å². The summed E-state index contributed by atoms with van der Waals surface area (Å²) >= 11 is 0. The number of carbonyl (C=O) groups excluding carboxylic acids is 1. The van der Waals surface area contributed by atoms with Crippen molar-refractivity contribution in [2.45, 2.75) is 218 Å². The number of hydrogen-bond donors (Lipinski definition) is 4. The van der Waals surface area contributed by atoms with Gasteiger partial charge in [0, 0.05) is 6.42 Å². The highest BCUT2D eigenvalue weighted by Crippen LogP contribution is 2.16. The summed E-state index contributed by atoms with van der Waals surface area (Å²) in [5.74, 6) is -0.155. The summed E-state index contributed by atoms with van der Waals surface area (Å²) in [5.41, 5.74) is 0. The van der Waals surface area contributed by atoms with Crippen LogP contribution in [0.4, 0.5) is 0 Å². The molecule has 0 aliphatic heterocycles.